The van der Waals surface area contributed by atoms with E-state index < -0.39 is 53.0 Å². The van der Waals surface area contributed by atoms with Crippen molar-refractivity contribution in [2.24, 2.45) is 35.2 Å². The van der Waals surface area contributed by atoms with Crippen molar-refractivity contribution in [1.29, 1.82) is 0 Å². The quantitative estimate of drug-likeness (QED) is 0.0351. The number of nitrogens with zero attached hydrogens (tertiary/aromatic N) is 8. The molecule has 5 aromatic heterocycles. The summed E-state index contributed by atoms with van der Waals surface area (Å²) in [5.74, 6) is -3.77. The van der Waals surface area contributed by atoms with E-state index in [-0.39, 0.29) is 91.0 Å². The van der Waals surface area contributed by atoms with E-state index in [0.717, 1.165) is 0 Å². The van der Waals surface area contributed by atoms with Gasteiger partial charge < -0.3 is 80.2 Å². The fraction of sp³-hybridized carbons (Fsp3) is 0.447. The zero-order chi connectivity index (χ0) is 54.8. The van der Waals surface area contributed by atoms with E-state index in [9.17, 15) is 43.2 Å². The molecule has 0 radical (unpaired) electrons. The van der Waals surface area contributed by atoms with Crippen LogP contribution in [0.1, 0.15) is 106 Å². The highest BCUT2D eigenvalue weighted by atomic mass is 16.6. The second-order valence-corrected chi connectivity index (χ2v) is 18.0. The standard InChI is InChI=1S/C47H65N17O11/c1-47(2,3)75-46(73)53-16-10-24-74-23-9-15-48-34(65)11-17-52-43(70)39-58-32(27-63(39)7)56-36(67)13-19-51-42(69)37-30(14-21-60(37)4)55-45(72)40-59-33(28-64(40)8)57-35(66)12-18-50-41(68)31-25-29(26-62(31)6)54-44(71)38-49-20-22-61(38)5/h14,20-22,25-28H,9-13,15-19,23-24H2,1-8H3,(H,48,65)(H,50,68)(H,51,69)(H,52,70)(H,53,73)(H,54,71)(H,55,72)(H,56,67)(H,57,66). The molecule has 404 valence electrons. The minimum absolute atomic E-state index is 0.00721. The summed E-state index contributed by atoms with van der Waals surface area (Å²) in [5, 5.41) is 23.9. The zero-order valence-corrected chi connectivity index (χ0v) is 43.2. The van der Waals surface area contributed by atoms with Gasteiger partial charge in [0.25, 0.3) is 29.5 Å². The molecular formula is C47H65N17O11. The maximum atomic E-state index is 13.4. The van der Waals surface area contributed by atoms with Gasteiger partial charge in [0.05, 0.1) is 11.4 Å². The molecule has 28 heteroatoms. The van der Waals surface area contributed by atoms with E-state index in [1.807, 2.05) is 0 Å². The van der Waals surface area contributed by atoms with E-state index in [1.165, 1.54) is 49.0 Å². The maximum Gasteiger partial charge on any atom is 0.407 e. The summed E-state index contributed by atoms with van der Waals surface area (Å²) in [6.45, 7) is 6.92. The fourth-order valence-electron chi connectivity index (χ4n) is 7.00. The van der Waals surface area contributed by atoms with Crippen LogP contribution in [-0.2, 0) is 59.1 Å². The van der Waals surface area contributed by atoms with Gasteiger partial charge in [-0.2, -0.15) is 0 Å². The normalized spacial score (nSPS) is 11.0. The molecule has 9 N–H and O–H groups in total. The van der Waals surface area contributed by atoms with Crippen molar-refractivity contribution >= 4 is 76.4 Å². The topological polar surface area (TPSA) is 344 Å². The van der Waals surface area contributed by atoms with Gasteiger partial charge in [0.1, 0.15) is 17.0 Å². The molecule has 0 aliphatic carbocycles. The summed E-state index contributed by atoms with van der Waals surface area (Å²) < 4.78 is 18.1. The lowest BCUT2D eigenvalue weighted by Gasteiger charge is -2.19. The third kappa shape index (κ3) is 17.7. The molecular weight excluding hydrogens is 979 g/mol. The third-order valence-electron chi connectivity index (χ3n) is 10.6. The Bertz CT molecular complexity index is 2860. The number of anilines is 4. The molecule has 5 heterocycles. The molecule has 0 aliphatic rings. The summed E-state index contributed by atoms with van der Waals surface area (Å²) >= 11 is 0. The molecule has 0 unspecified atom stereocenters. The number of carbonyl (C=O) groups is 9. The average molecular weight is 1040 g/mol. The average Bonchev–Trinajstić information content (AvgIpc) is 4.17. The van der Waals surface area contributed by atoms with Crippen LogP contribution in [0.15, 0.2) is 49.3 Å². The summed E-state index contributed by atoms with van der Waals surface area (Å²) in [5.41, 5.74) is 0.285. The fourth-order valence-corrected chi connectivity index (χ4v) is 7.00. The Balaban J connectivity index is 0.968. The van der Waals surface area contributed by atoms with Crippen molar-refractivity contribution in [2.75, 3.05) is 67.2 Å². The molecule has 28 nitrogen and oxygen atoms in total. The smallest absolute Gasteiger partial charge is 0.407 e. The van der Waals surface area contributed by atoms with Gasteiger partial charge in [0.15, 0.2) is 17.5 Å². The maximum absolute atomic E-state index is 13.4. The number of ether oxygens (including phenoxy) is 2. The monoisotopic (exact) mass is 1040 g/mol. The predicted octanol–water partition coefficient (Wildman–Crippen LogP) is 1.14. The number of nitrogens with one attached hydrogen (secondary N) is 9. The number of amides is 9. The van der Waals surface area contributed by atoms with Crippen molar-refractivity contribution < 1.29 is 52.6 Å². The summed E-state index contributed by atoms with van der Waals surface area (Å²) in [6, 6.07) is 3.00. The first-order valence-corrected chi connectivity index (χ1v) is 23.8. The third-order valence-corrected chi connectivity index (χ3v) is 10.6. The summed E-state index contributed by atoms with van der Waals surface area (Å²) in [7, 11) is 8.02. The van der Waals surface area contributed by atoms with Crippen LogP contribution in [0.25, 0.3) is 0 Å². The van der Waals surface area contributed by atoms with Gasteiger partial charge in [-0.25, -0.2) is 19.7 Å². The largest absolute Gasteiger partial charge is 0.444 e. The predicted molar refractivity (Wildman–Crippen MR) is 272 cm³/mol. The van der Waals surface area contributed by atoms with Crippen molar-refractivity contribution in [1.82, 2.24) is 64.4 Å². The summed E-state index contributed by atoms with van der Waals surface area (Å²) in [4.78, 5) is 127. The highest BCUT2D eigenvalue weighted by Gasteiger charge is 2.23. The number of imidazole rings is 3. The van der Waals surface area contributed by atoms with Gasteiger partial charge >= 0.3 is 6.09 Å². The second kappa shape index (κ2) is 26.8. The Morgan fingerprint density at radius 2 is 1.08 bits per heavy atom. The number of aromatic nitrogens is 8. The Labute approximate surface area is 431 Å². The van der Waals surface area contributed by atoms with E-state index in [1.54, 1.807) is 79.2 Å². The van der Waals surface area contributed by atoms with Crippen LogP contribution in [0.5, 0.6) is 0 Å². The molecule has 0 fully saturated rings. The Morgan fingerprint density at radius 1 is 0.533 bits per heavy atom. The van der Waals surface area contributed by atoms with Gasteiger partial charge in [-0.15, -0.1) is 0 Å². The van der Waals surface area contributed by atoms with Crippen molar-refractivity contribution in [3.05, 3.63) is 78.2 Å². The molecule has 0 saturated carbocycles. The number of rotatable bonds is 26. The van der Waals surface area contributed by atoms with E-state index in [4.69, 9.17) is 9.47 Å². The van der Waals surface area contributed by atoms with Gasteiger partial charge in [0, 0.05) is 138 Å². The minimum Gasteiger partial charge on any atom is -0.444 e. The molecule has 0 atom stereocenters. The van der Waals surface area contributed by atoms with Crippen molar-refractivity contribution in [2.45, 2.75) is 58.5 Å². The first-order valence-electron chi connectivity index (χ1n) is 23.8. The Hall–Kier alpha value is -8.82. The molecule has 9 amide bonds. The van der Waals surface area contributed by atoms with Gasteiger partial charge in [0.2, 0.25) is 29.4 Å². The van der Waals surface area contributed by atoms with Crippen LogP contribution in [0.2, 0.25) is 0 Å². The van der Waals surface area contributed by atoms with Crippen LogP contribution in [0.3, 0.4) is 0 Å². The second-order valence-electron chi connectivity index (χ2n) is 18.0. The van der Waals surface area contributed by atoms with Crippen molar-refractivity contribution in [3.63, 3.8) is 0 Å². The van der Waals surface area contributed by atoms with Crippen LogP contribution < -0.4 is 47.9 Å². The van der Waals surface area contributed by atoms with E-state index in [2.05, 4.69) is 62.8 Å². The van der Waals surface area contributed by atoms with Gasteiger partial charge in [-0.1, -0.05) is 0 Å². The molecule has 5 rings (SSSR count). The minimum atomic E-state index is -0.689. The lowest BCUT2D eigenvalue weighted by molar-refractivity contribution is -0.121. The molecule has 0 aromatic carbocycles. The molecule has 0 saturated heterocycles. The zero-order valence-electron chi connectivity index (χ0n) is 43.2. The Kier molecular flexibility index (Phi) is 20.4. The highest BCUT2D eigenvalue weighted by Crippen LogP contribution is 2.19. The van der Waals surface area contributed by atoms with Crippen LogP contribution in [0.4, 0.5) is 27.8 Å². The first kappa shape index (κ1) is 57.1. The Morgan fingerprint density at radius 3 is 1.67 bits per heavy atom. The number of hydrogen-bond donors (Lipinski definition) is 9. The number of carbonyl (C=O) groups excluding carboxylic acids is 9. The SMILES string of the molecule is Cn1cc(NC(=O)c2nccn2C)cc1C(=O)NCCC(=O)Nc1cn(C)c(C(=O)Nc2ccn(C)c2C(=O)NCCC(=O)Nc2cn(C)c(C(=O)NCCC(=O)NCCCOCCCNC(=O)OC(C)(C)C)n2)n1. The van der Waals surface area contributed by atoms with Gasteiger partial charge in [-0.05, 0) is 45.7 Å². The van der Waals surface area contributed by atoms with Crippen LogP contribution in [0, 0.1) is 0 Å². The number of aryl methyl sites for hydroxylation is 5. The highest BCUT2D eigenvalue weighted by molar-refractivity contribution is 6.08. The molecule has 0 spiro atoms. The number of alkyl carbamates (subject to hydrolysis) is 1. The lowest BCUT2D eigenvalue weighted by Crippen LogP contribution is -2.33. The van der Waals surface area contributed by atoms with E-state index in [0.29, 0.717) is 44.8 Å². The molecule has 75 heavy (non-hydrogen) atoms. The first-order chi connectivity index (χ1) is 35.6. The number of hydrogen-bond acceptors (Lipinski definition) is 14. The summed E-state index contributed by atoms with van der Waals surface area (Å²) in [6.07, 6.45) is 9.55. The van der Waals surface area contributed by atoms with Crippen LogP contribution >= 0.6 is 0 Å². The lowest BCUT2D eigenvalue weighted by atomic mass is 10.2. The molecule has 5 aromatic rings. The van der Waals surface area contributed by atoms with Crippen molar-refractivity contribution in [3.8, 4) is 0 Å². The van der Waals surface area contributed by atoms with Gasteiger partial charge in [-0.3, -0.25) is 38.4 Å². The van der Waals surface area contributed by atoms with Crippen LogP contribution in [-0.4, -0.2) is 143 Å². The molecule has 0 aliphatic heterocycles. The van der Waals surface area contributed by atoms with E-state index >= 15 is 0 Å². The molecule has 0 bridgehead atoms.